The highest BCUT2D eigenvalue weighted by Crippen LogP contribution is 2.43. The van der Waals surface area contributed by atoms with E-state index in [0.717, 1.165) is 55.4 Å². The molecule has 2 heterocycles. The van der Waals surface area contributed by atoms with Crippen molar-refractivity contribution in [1.82, 2.24) is 9.55 Å². The summed E-state index contributed by atoms with van der Waals surface area (Å²) in [7, 11) is 0. The summed E-state index contributed by atoms with van der Waals surface area (Å²) in [5.74, 6) is 0.937. The van der Waals surface area contributed by atoms with Gasteiger partial charge < -0.3 is 4.42 Å². The summed E-state index contributed by atoms with van der Waals surface area (Å²) in [4.78, 5) is 5.10. The number of nitrogens with zero attached hydrogens (tertiary/aromatic N) is 2. The highest BCUT2D eigenvalue weighted by Gasteiger charge is 2.19. The van der Waals surface area contributed by atoms with Gasteiger partial charge >= 0.3 is 0 Å². The zero-order valence-corrected chi connectivity index (χ0v) is 22.7. The lowest BCUT2D eigenvalue weighted by molar-refractivity contribution is 0.672. The Balaban J connectivity index is 1.37. The Hall–Kier alpha value is -5.67. The number of aromatic nitrogens is 2. The molecule has 0 radical (unpaired) electrons. The SMILES string of the molecule is c1ccc(-c2nc3ccccc3n2-c2ccc(-c3cc4c5ccccc5oc4c4ccccc34)c3ccccc23)cc1. The van der Waals surface area contributed by atoms with E-state index in [0.29, 0.717) is 0 Å². The second-order valence-electron chi connectivity index (χ2n) is 10.7. The normalized spacial score (nSPS) is 11.8. The van der Waals surface area contributed by atoms with E-state index in [9.17, 15) is 0 Å². The van der Waals surface area contributed by atoms with E-state index in [4.69, 9.17) is 9.40 Å². The van der Waals surface area contributed by atoms with Crippen LogP contribution in [0.1, 0.15) is 0 Å². The molecule has 3 nitrogen and oxygen atoms in total. The standard InChI is InChI=1S/C39H24N2O/c1-2-12-25(13-3-1)39-40-34-19-9-10-20-36(34)41(39)35-23-22-28(26-14-4-6-16-29(26)35)32-24-33-30-17-8-11-21-37(30)42-38(33)31-18-7-5-15-27(31)32/h1-24H. The van der Waals surface area contributed by atoms with Crippen LogP contribution in [0.15, 0.2) is 150 Å². The van der Waals surface area contributed by atoms with Crippen LogP contribution in [0, 0.1) is 0 Å². The Bertz CT molecular complexity index is 2470. The van der Waals surface area contributed by atoms with Crippen molar-refractivity contribution in [3.8, 4) is 28.2 Å². The fraction of sp³-hybridized carbons (Fsp3) is 0. The molecule has 0 amide bonds. The molecule has 0 fully saturated rings. The monoisotopic (exact) mass is 536 g/mol. The van der Waals surface area contributed by atoms with Gasteiger partial charge in [0.1, 0.15) is 17.0 Å². The number of para-hydroxylation sites is 3. The summed E-state index contributed by atoms with van der Waals surface area (Å²) in [6.45, 7) is 0. The zero-order chi connectivity index (χ0) is 27.6. The van der Waals surface area contributed by atoms with E-state index in [-0.39, 0.29) is 0 Å². The maximum atomic E-state index is 6.40. The van der Waals surface area contributed by atoms with Crippen LogP contribution in [0.25, 0.3) is 82.7 Å². The molecule has 9 rings (SSSR count). The third kappa shape index (κ3) is 3.31. The second kappa shape index (κ2) is 8.92. The van der Waals surface area contributed by atoms with E-state index >= 15 is 0 Å². The minimum atomic E-state index is 0.912. The van der Waals surface area contributed by atoms with E-state index in [1.54, 1.807) is 0 Å². The van der Waals surface area contributed by atoms with Crippen LogP contribution in [-0.4, -0.2) is 9.55 Å². The van der Waals surface area contributed by atoms with Crippen LogP contribution in [0.3, 0.4) is 0 Å². The molecule has 0 spiro atoms. The highest BCUT2D eigenvalue weighted by atomic mass is 16.3. The Morgan fingerprint density at radius 2 is 1.12 bits per heavy atom. The number of benzene rings is 7. The molecule has 7 aromatic carbocycles. The van der Waals surface area contributed by atoms with Gasteiger partial charge in [0.05, 0.1) is 16.7 Å². The first-order valence-electron chi connectivity index (χ1n) is 14.2. The lowest BCUT2D eigenvalue weighted by Crippen LogP contribution is -1.99. The van der Waals surface area contributed by atoms with Crippen molar-refractivity contribution in [3.05, 3.63) is 146 Å². The summed E-state index contributed by atoms with van der Waals surface area (Å²) < 4.78 is 8.71. The van der Waals surface area contributed by atoms with Gasteiger partial charge in [-0.3, -0.25) is 4.57 Å². The van der Waals surface area contributed by atoms with Gasteiger partial charge in [-0.1, -0.05) is 115 Å². The third-order valence-corrected chi connectivity index (χ3v) is 8.41. The van der Waals surface area contributed by atoms with Gasteiger partial charge in [-0.05, 0) is 52.2 Å². The van der Waals surface area contributed by atoms with Crippen LogP contribution < -0.4 is 0 Å². The van der Waals surface area contributed by atoms with Gasteiger partial charge in [-0.25, -0.2) is 4.98 Å². The summed E-state index contributed by atoms with van der Waals surface area (Å²) in [5, 5.41) is 6.96. The van der Waals surface area contributed by atoms with Crippen molar-refractivity contribution in [2.75, 3.05) is 0 Å². The van der Waals surface area contributed by atoms with Crippen molar-refractivity contribution >= 4 is 54.5 Å². The Labute approximate surface area is 241 Å². The minimum absolute atomic E-state index is 0.912. The van der Waals surface area contributed by atoms with Crippen LogP contribution in [0.5, 0.6) is 0 Å². The van der Waals surface area contributed by atoms with Gasteiger partial charge in [0.15, 0.2) is 0 Å². The molecule has 0 saturated carbocycles. The molecule has 42 heavy (non-hydrogen) atoms. The van der Waals surface area contributed by atoms with E-state index in [1.807, 2.05) is 18.2 Å². The lowest BCUT2D eigenvalue weighted by Gasteiger charge is -2.17. The molecule has 196 valence electrons. The van der Waals surface area contributed by atoms with Crippen molar-refractivity contribution in [2.45, 2.75) is 0 Å². The molecule has 0 saturated heterocycles. The molecule has 3 heteroatoms. The van der Waals surface area contributed by atoms with Crippen LogP contribution in [-0.2, 0) is 0 Å². The quantitative estimate of drug-likeness (QED) is 0.225. The average Bonchev–Trinajstić information content (AvgIpc) is 3.63. The predicted molar refractivity (Wildman–Crippen MR) is 174 cm³/mol. The van der Waals surface area contributed by atoms with E-state index in [1.165, 1.54) is 27.3 Å². The molecule has 0 atom stereocenters. The highest BCUT2D eigenvalue weighted by molar-refractivity contribution is 6.20. The topological polar surface area (TPSA) is 31.0 Å². The van der Waals surface area contributed by atoms with Gasteiger partial charge in [0.25, 0.3) is 0 Å². The van der Waals surface area contributed by atoms with Crippen molar-refractivity contribution < 1.29 is 4.42 Å². The first-order chi connectivity index (χ1) is 20.8. The summed E-state index contributed by atoms with van der Waals surface area (Å²) in [6.07, 6.45) is 0. The lowest BCUT2D eigenvalue weighted by atomic mass is 9.91. The van der Waals surface area contributed by atoms with Crippen molar-refractivity contribution in [1.29, 1.82) is 0 Å². The first kappa shape index (κ1) is 23.1. The number of furan rings is 1. The molecular formula is C39H24N2O. The number of fused-ring (bicyclic) bond motifs is 7. The molecule has 0 unspecified atom stereocenters. The molecule has 0 bridgehead atoms. The van der Waals surface area contributed by atoms with Crippen LogP contribution >= 0.6 is 0 Å². The largest absolute Gasteiger partial charge is 0.455 e. The Kier molecular flexibility index (Phi) is 4.90. The van der Waals surface area contributed by atoms with Gasteiger partial charge in [0, 0.05) is 27.1 Å². The minimum Gasteiger partial charge on any atom is -0.455 e. The Morgan fingerprint density at radius 1 is 0.476 bits per heavy atom. The fourth-order valence-electron chi connectivity index (χ4n) is 6.53. The van der Waals surface area contributed by atoms with Crippen molar-refractivity contribution in [3.63, 3.8) is 0 Å². The number of imidazole rings is 1. The molecule has 2 aromatic heterocycles. The molecular weight excluding hydrogens is 512 g/mol. The Morgan fingerprint density at radius 3 is 1.95 bits per heavy atom. The van der Waals surface area contributed by atoms with Crippen molar-refractivity contribution in [2.24, 2.45) is 0 Å². The van der Waals surface area contributed by atoms with E-state index < -0.39 is 0 Å². The van der Waals surface area contributed by atoms with Gasteiger partial charge in [-0.2, -0.15) is 0 Å². The maximum Gasteiger partial charge on any atom is 0.145 e. The second-order valence-corrected chi connectivity index (χ2v) is 10.7. The smallest absolute Gasteiger partial charge is 0.145 e. The molecule has 9 aromatic rings. The van der Waals surface area contributed by atoms with Gasteiger partial charge in [-0.15, -0.1) is 0 Å². The van der Waals surface area contributed by atoms with Crippen LogP contribution in [0.2, 0.25) is 0 Å². The third-order valence-electron chi connectivity index (χ3n) is 8.41. The molecule has 0 N–H and O–H groups in total. The molecule has 0 aliphatic carbocycles. The van der Waals surface area contributed by atoms with E-state index in [2.05, 4.69) is 132 Å². The fourth-order valence-corrected chi connectivity index (χ4v) is 6.53. The summed E-state index contributed by atoms with van der Waals surface area (Å²) >= 11 is 0. The number of rotatable bonds is 3. The number of hydrogen-bond acceptors (Lipinski definition) is 2. The summed E-state index contributed by atoms with van der Waals surface area (Å²) in [6, 6.07) is 51.3. The average molecular weight is 537 g/mol. The first-order valence-corrected chi connectivity index (χ1v) is 14.2. The molecule has 0 aliphatic rings. The summed E-state index contributed by atoms with van der Waals surface area (Å²) in [5.41, 5.74) is 8.52. The number of hydrogen-bond donors (Lipinski definition) is 0. The van der Waals surface area contributed by atoms with Crippen LogP contribution in [0.4, 0.5) is 0 Å². The van der Waals surface area contributed by atoms with Gasteiger partial charge in [0.2, 0.25) is 0 Å². The maximum absolute atomic E-state index is 6.40. The predicted octanol–water partition coefficient (Wildman–Crippen LogP) is 10.6. The zero-order valence-electron chi connectivity index (χ0n) is 22.7. The molecule has 0 aliphatic heterocycles.